The molecule has 2 aromatic carbocycles. The Kier molecular flexibility index (Phi) is 7.97. The summed E-state index contributed by atoms with van der Waals surface area (Å²) >= 11 is 3.20. The molecule has 1 spiro atoms. The molecule has 1 saturated carbocycles. The highest BCUT2D eigenvalue weighted by atomic mass is 79.9. The number of benzene rings is 2. The molecule has 1 atom stereocenters. The number of halogens is 7. The molecule has 4 nitrogen and oxygen atoms in total. The van der Waals surface area contributed by atoms with Crippen molar-refractivity contribution in [1.29, 1.82) is 0 Å². The van der Waals surface area contributed by atoms with Gasteiger partial charge in [0, 0.05) is 18.2 Å². The Bertz CT molecular complexity index is 1060. The van der Waals surface area contributed by atoms with E-state index in [9.17, 15) is 31.1 Å². The first-order chi connectivity index (χ1) is 17.4. The Labute approximate surface area is 218 Å². The molecule has 2 aromatic rings. The maximum absolute atomic E-state index is 13.7. The molecule has 1 unspecified atom stereocenters. The molecule has 1 amide bonds. The summed E-state index contributed by atoms with van der Waals surface area (Å²) in [5.41, 5.74) is -3.31. The van der Waals surface area contributed by atoms with Crippen molar-refractivity contribution in [3.63, 3.8) is 0 Å². The number of alkyl halides is 7. The highest BCUT2D eigenvalue weighted by Crippen LogP contribution is 2.46. The molecule has 1 N–H and O–H groups in total. The van der Waals surface area contributed by atoms with Crippen molar-refractivity contribution in [2.75, 3.05) is 18.5 Å². The van der Waals surface area contributed by atoms with Crippen LogP contribution in [0.1, 0.15) is 60.3 Å². The van der Waals surface area contributed by atoms with Gasteiger partial charge in [0.2, 0.25) is 5.91 Å². The van der Waals surface area contributed by atoms with E-state index in [1.165, 1.54) is 0 Å². The first kappa shape index (κ1) is 27.9. The fourth-order valence-electron chi connectivity index (χ4n) is 5.15. The van der Waals surface area contributed by atoms with Gasteiger partial charge in [0.05, 0.1) is 35.8 Å². The minimum absolute atomic E-state index is 0.00543. The number of amides is 1. The van der Waals surface area contributed by atoms with Gasteiger partial charge in [0.25, 0.3) is 0 Å². The molecule has 37 heavy (non-hydrogen) atoms. The van der Waals surface area contributed by atoms with Crippen LogP contribution in [0.5, 0.6) is 0 Å². The van der Waals surface area contributed by atoms with Crippen molar-refractivity contribution < 1.29 is 40.6 Å². The van der Waals surface area contributed by atoms with Crippen molar-refractivity contribution in [3.8, 4) is 0 Å². The lowest BCUT2D eigenvalue weighted by Gasteiger charge is -2.45. The molecular weight excluding hydrogens is 568 g/mol. The Morgan fingerprint density at radius 1 is 0.892 bits per heavy atom. The average Bonchev–Trinajstić information content (AvgIpc) is 3.31. The molecule has 1 heterocycles. The maximum Gasteiger partial charge on any atom is 0.416 e. The SMILES string of the molecule is O=C(NC1(c2ccccc2)CCC2(CC1)OCCO2)C(CCBr)c1cc(C(F)(F)F)cc(C(F)(F)F)c1. The number of hydrogen-bond donors (Lipinski definition) is 1. The highest BCUT2D eigenvalue weighted by molar-refractivity contribution is 9.09. The summed E-state index contributed by atoms with van der Waals surface area (Å²) in [6, 6.07) is 10.5. The first-order valence-electron chi connectivity index (χ1n) is 11.9. The normalized spacial score (nSPS) is 20.1. The molecular formula is C26H26BrF6NO3. The number of nitrogens with one attached hydrogen (secondary N) is 1. The van der Waals surface area contributed by atoms with Crippen molar-refractivity contribution >= 4 is 21.8 Å². The molecule has 0 radical (unpaired) electrons. The van der Waals surface area contributed by atoms with E-state index in [0.717, 1.165) is 5.56 Å². The number of carbonyl (C=O) groups is 1. The monoisotopic (exact) mass is 593 g/mol. The highest BCUT2D eigenvalue weighted by Gasteiger charge is 2.48. The first-order valence-corrected chi connectivity index (χ1v) is 13.0. The maximum atomic E-state index is 13.7. The van der Waals surface area contributed by atoms with Crippen LogP contribution < -0.4 is 5.32 Å². The quantitative estimate of drug-likeness (QED) is 0.292. The third-order valence-corrected chi connectivity index (χ3v) is 7.55. The van der Waals surface area contributed by atoms with E-state index < -0.39 is 46.6 Å². The second-order valence-electron chi connectivity index (χ2n) is 9.41. The standard InChI is InChI=1S/C26H26BrF6NO3/c27-11-6-21(17-14-19(25(28,29)30)16-20(15-17)26(31,32)33)22(35)34-23(18-4-2-1-3-5-18)7-9-24(10-8-23)36-12-13-37-24/h1-5,14-16,21H,6-13H2,(H,34,35). The molecule has 0 bridgehead atoms. The minimum atomic E-state index is -5.00. The summed E-state index contributed by atoms with van der Waals surface area (Å²) in [5, 5.41) is 3.22. The second-order valence-corrected chi connectivity index (χ2v) is 10.2. The summed E-state index contributed by atoms with van der Waals surface area (Å²) in [4.78, 5) is 13.7. The lowest BCUT2D eigenvalue weighted by atomic mass is 9.73. The topological polar surface area (TPSA) is 47.6 Å². The fraction of sp³-hybridized carbons (Fsp3) is 0.500. The van der Waals surface area contributed by atoms with E-state index >= 15 is 0 Å². The number of carbonyl (C=O) groups excluding carboxylic acids is 1. The Morgan fingerprint density at radius 3 is 1.92 bits per heavy atom. The zero-order valence-electron chi connectivity index (χ0n) is 19.7. The lowest BCUT2D eigenvalue weighted by molar-refractivity contribution is -0.187. The van der Waals surface area contributed by atoms with Crippen LogP contribution in [0.15, 0.2) is 48.5 Å². The van der Waals surface area contributed by atoms with E-state index in [2.05, 4.69) is 21.2 Å². The third kappa shape index (κ3) is 6.15. The molecule has 2 fully saturated rings. The summed E-state index contributed by atoms with van der Waals surface area (Å²) in [6.07, 6.45) is -8.18. The number of ether oxygens (including phenoxy) is 2. The summed E-state index contributed by atoms with van der Waals surface area (Å²) in [5.74, 6) is -2.61. The van der Waals surface area contributed by atoms with Gasteiger partial charge in [-0.1, -0.05) is 46.3 Å². The van der Waals surface area contributed by atoms with Gasteiger partial charge >= 0.3 is 12.4 Å². The number of rotatable bonds is 6. The van der Waals surface area contributed by atoms with E-state index in [-0.39, 0.29) is 23.4 Å². The molecule has 2 aliphatic rings. The lowest BCUT2D eigenvalue weighted by Crippen LogP contribution is -2.53. The average molecular weight is 594 g/mol. The van der Waals surface area contributed by atoms with Gasteiger partial charge in [0.1, 0.15) is 0 Å². The predicted octanol–water partition coefficient (Wildman–Crippen LogP) is 6.92. The van der Waals surface area contributed by atoms with E-state index in [1.807, 2.05) is 30.3 Å². The zero-order chi connectivity index (χ0) is 26.9. The van der Waals surface area contributed by atoms with E-state index in [0.29, 0.717) is 51.0 Å². The largest absolute Gasteiger partial charge is 0.416 e. The zero-order valence-corrected chi connectivity index (χ0v) is 21.3. The van der Waals surface area contributed by atoms with Gasteiger partial charge < -0.3 is 14.8 Å². The van der Waals surface area contributed by atoms with Gasteiger partial charge in [-0.25, -0.2) is 0 Å². The van der Waals surface area contributed by atoms with Crippen LogP contribution in [0.4, 0.5) is 26.3 Å². The molecule has 1 aliphatic heterocycles. The molecule has 202 valence electrons. The minimum Gasteiger partial charge on any atom is -0.348 e. The molecule has 1 aliphatic carbocycles. The fourth-order valence-corrected chi connectivity index (χ4v) is 5.61. The van der Waals surface area contributed by atoms with Gasteiger partial charge in [-0.3, -0.25) is 4.79 Å². The van der Waals surface area contributed by atoms with E-state index in [4.69, 9.17) is 9.47 Å². The third-order valence-electron chi connectivity index (χ3n) is 7.09. The van der Waals surface area contributed by atoms with Gasteiger partial charge in [-0.2, -0.15) is 26.3 Å². The summed E-state index contributed by atoms with van der Waals surface area (Å²) < 4.78 is 92.5. The van der Waals surface area contributed by atoms with Gasteiger partial charge in [0.15, 0.2) is 5.79 Å². The summed E-state index contributed by atoms with van der Waals surface area (Å²) in [6.45, 7) is 0.935. The molecule has 0 aromatic heterocycles. The molecule has 1 saturated heterocycles. The summed E-state index contributed by atoms with van der Waals surface area (Å²) in [7, 11) is 0. The predicted molar refractivity (Wildman–Crippen MR) is 127 cm³/mol. The van der Waals surface area contributed by atoms with Crippen molar-refractivity contribution in [1.82, 2.24) is 5.32 Å². The Balaban J connectivity index is 1.69. The Hall–Kier alpha value is -2.11. The van der Waals surface area contributed by atoms with Crippen LogP contribution >= 0.6 is 15.9 Å². The van der Waals surface area contributed by atoms with Crippen LogP contribution in [-0.2, 0) is 32.2 Å². The smallest absolute Gasteiger partial charge is 0.348 e. The van der Waals surface area contributed by atoms with Crippen LogP contribution in [0.3, 0.4) is 0 Å². The van der Waals surface area contributed by atoms with Crippen LogP contribution in [-0.4, -0.2) is 30.2 Å². The van der Waals surface area contributed by atoms with Crippen LogP contribution in [0.25, 0.3) is 0 Å². The van der Waals surface area contributed by atoms with Crippen molar-refractivity contribution in [2.24, 2.45) is 0 Å². The van der Waals surface area contributed by atoms with Gasteiger partial charge in [-0.15, -0.1) is 0 Å². The second kappa shape index (κ2) is 10.6. The van der Waals surface area contributed by atoms with Crippen molar-refractivity contribution in [2.45, 2.75) is 61.7 Å². The van der Waals surface area contributed by atoms with Crippen molar-refractivity contribution in [3.05, 3.63) is 70.8 Å². The van der Waals surface area contributed by atoms with Crippen LogP contribution in [0, 0.1) is 0 Å². The van der Waals surface area contributed by atoms with Gasteiger partial charge in [-0.05, 0) is 48.6 Å². The number of hydrogen-bond acceptors (Lipinski definition) is 3. The molecule has 11 heteroatoms. The Morgan fingerprint density at radius 2 is 1.43 bits per heavy atom. The van der Waals surface area contributed by atoms with Crippen LogP contribution in [0.2, 0.25) is 0 Å². The molecule has 4 rings (SSSR count). The van der Waals surface area contributed by atoms with E-state index in [1.54, 1.807) is 0 Å².